The number of amidine groups is 1. The lowest BCUT2D eigenvalue weighted by Crippen LogP contribution is -2.06. The predicted octanol–water partition coefficient (Wildman–Crippen LogP) is 4.17. The molecule has 108 valence electrons. The molecule has 6 heteroatoms. The van der Waals surface area contributed by atoms with Crippen molar-refractivity contribution >= 4 is 39.1 Å². The number of nitrogens with two attached hydrogens (primary N) is 1. The largest absolute Gasteiger partial charge is 0.377 e. The average molecular weight is 366 g/mol. The first kappa shape index (κ1) is 15.7. The molecule has 0 aliphatic heterocycles. The fourth-order valence-corrected chi connectivity index (χ4v) is 2.36. The van der Waals surface area contributed by atoms with E-state index in [0.29, 0.717) is 15.2 Å². The Morgan fingerprint density at radius 3 is 2.71 bits per heavy atom. The van der Waals surface area contributed by atoms with E-state index >= 15 is 0 Å². The second-order valence-corrected chi connectivity index (χ2v) is 5.98. The molecule has 3 nitrogen and oxygen atoms in total. The van der Waals surface area contributed by atoms with Gasteiger partial charge >= 0.3 is 0 Å². The molecule has 0 heterocycles. The molecule has 0 atom stereocenters. The van der Waals surface area contributed by atoms with Crippen LogP contribution in [0.2, 0.25) is 0 Å². The molecule has 2 N–H and O–H groups in total. The van der Waals surface area contributed by atoms with Gasteiger partial charge in [0.25, 0.3) is 0 Å². The second-order valence-electron chi connectivity index (χ2n) is 4.13. The van der Waals surface area contributed by atoms with E-state index in [2.05, 4.69) is 26.1 Å². The van der Waals surface area contributed by atoms with Crippen LogP contribution in [0.3, 0.4) is 0 Å². The highest BCUT2D eigenvalue weighted by atomic mass is 79.9. The lowest BCUT2D eigenvalue weighted by Gasteiger charge is -1.99. The van der Waals surface area contributed by atoms with Crippen molar-refractivity contribution in [3.05, 3.63) is 69.9 Å². The Balaban J connectivity index is 1.90. The Bertz CT molecular complexity index is 659. The molecule has 0 aliphatic rings. The van der Waals surface area contributed by atoms with Crippen LogP contribution < -0.4 is 5.73 Å². The van der Waals surface area contributed by atoms with E-state index in [1.807, 2.05) is 30.3 Å². The maximum Gasteiger partial charge on any atom is 0.180 e. The summed E-state index contributed by atoms with van der Waals surface area (Å²) in [6.45, 7) is 0. The van der Waals surface area contributed by atoms with Gasteiger partial charge < -0.3 is 5.73 Å². The highest BCUT2D eigenvalue weighted by Crippen LogP contribution is 2.15. The zero-order valence-electron chi connectivity index (χ0n) is 11.0. The van der Waals surface area contributed by atoms with Crippen LogP contribution in [0.1, 0.15) is 11.1 Å². The third-order valence-electron chi connectivity index (χ3n) is 2.54. The molecule has 0 saturated carbocycles. The summed E-state index contributed by atoms with van der Waals surface area (Å²) in [7, 11) is 0. The standard InChI is InChI=1S/C15H13BrFN3S/c16-13-7-6-12(8-14(13)17)9-19-20-15(18)21-10-11-4-2-1-3-5-11/h1-9H,10H2,(H2,18,20). The topological polar surface area (TPSA) is 50.7 Å². The van der Waals surface area contributed by atoms with Crippen molar-refractivity contribution in [2.45, 2.75) is 5.75 Å². The Hall–Kier alpha value is -1.66. The molecule has 0 spiro atoms. The van der Waals surface area contributed by atoms with Crippen molar-refractivity contribution in [1.82, 2.24) is 0 Å². The van der Waals surface area contributed by atoms with Crippen molar-refractivity contribution in [2.24, 2.45) is 15.9 Å². The molecule has 0 aliphatic carbocycles. The van der Waals surface area contributed by atoms with Crippen LogP contribution in [0.4, 0.5) is 4.39 Å². The summed E-state index contributed by atoms with van der Waals surface area (Å²) in [4.78, 5) is 0. The van der Waals surface area contributed by atoms with Crippen molar-refractivity contribution in [3.63, 3.8) is 0 Å². The van der Waals surface area contributed by atoms with Crippen molar-refractivity contribution < 1.29 is 4.39 Å². The minimum absolute atomic E-state index is 0.339. The molecule has 0 unspecified atom stereocenters. The zero-order chi connectivity index (χ0) is 15.1. The monoisotopic (exact) mass is 365 g/mol. The first-order valence-electron chi connectivity index (χ1n) is 6.13. The van der Waals surface area contributed by atoms with Crippen molar-refractivity contribution in [1.29, 1.82) is 0 Å². The highest BCUT2D eigenvalue weighted by molar-refractivity contribution is 9.10. The fraction of sp³-hybridized carbons (Fsp3) is 0.0667. The van der Waals surface area contributed by atoms with Crippen LogP contribution >= 0.6 is 27.7 Å². The summed E-state index contributed by atoms with van der Waals surface area (Å²) in [5.41, 5.74) is 7.55. The summed E-state index contributed by atoms with van der Waals surface area (Å²) in [6, 6.07) is 14.7. The average Bonchev–Trinajstić information content (AvgIpc) is 2.50. The molecule has 21 heavy (non-hydrogen) atoms. The van der Waals surface area contributed by atoms with E-state index in [0.717, 1.165) is 5.75 Å². The number of thioether (sulfide) groups is 1. The fourth-order valence-electron chi connectivity index (χ4n) is 1.51. The molecule has 0 aromatic heterocycles. The predicted molar refractivity (Wildman–Crippen MR) is 91.1 cm³/mol. The number of halogens is 2. The van der Waals surface area contributed by atoms with E-state index in [-0.39, 0.29) is 5.82 Å². The van der Waals surface area contributed by atoms with Gasteiger partial charge in [0.1, 0.15) is 5.82 Å². The Kier molecular flexibility index (Phi) is 5.95. The second kappa shape index (κ2) is 7.95. The van der Waals surface area contributed by atoms with Crippen molar-refractivity contribution in [2.75, 3.05) is 0 Å². The minimum atomic E-state index is -0.339. The van der Waals surface area contributed by atoms with Gasteiger partial charge in [0.2, 0.25) is 0 Å². The quantitative estimate of drug-likeness (QED) is 0.502. The third-order valence-corrected chi connectivity index (χ3v) is 4.03. The van der Waals surface area contributed by atoms with Crippen LogP contribution in [0.5, 0.6) is 0 Å². The Morgan fingerprint density at radius 2 is 2.00 bits per heavy atom. The molecular weight excluding hydrogens is 353 g/mol. The third kappa shape index (κ3) is 5.32. The van der Waals surface area contributed by atoms with Gasteiger partial charge in [-0.2, -0.15) is 5.10 Å². The SMILES string of the molecule is NC(=NN=Cc1ccc(Br)c(F)c1)SCc1ccccc1. The van der Waals surface area contributed by atoms with E-state index < -0.39 is 0 Å². The smallest absolute Gasteiger partial charge is 0.180 e. The normalized spacial score (nSPS) is 12.0. The molecule has 2 aromatic carbocycles. The van der Waals surface area contributed by atoms with Crippen molar-refractivity contribution in [3.8, 4) is 0 Å². The molecule has 2 rings (SSSR count). The minimum Gasteiger partial charge on any atom is -0.377 e. The molecule has 0 fully saturated rings. The molecule has 0 saturated heterocycles. The maximum atomic E-state index is 13.3. The van der Waals surface area contributed by atoms with Gasteiger partial charge in [0, 0.05) is 5.75 Å². The van der Waals surface area contributed by atoms with Gasteiger partial charge in [-0.05, 0) is 39.2 Å². The van der Waals surface area contributed by atoms with E-state index in [9.17, 15) is 4.39 Å². The first-order valence-corrected chi connectivity index (χ1v) is 7.91. The maximum absolute atomic E-state index is 13.3. The number of hydrogen-bond donors (Lipinski definition) is 1. The van der Waals surface area contributed by atoms with Gasteiger partial charge in [-0.25, -0.2) is 4.39 Å². The molecule has 2 aromatic rings. The lowest BCUT2D eigenvalue weighted by atomic mass is 10.2. The van der Waals surface area contributed by atoms with E-state index in [1.54, 1.807) is 12.1 Å². The first-order chi connectivity index (χ1) is 10.1. The lowest BCUT2D eigenvalue weighted by molar-refractivity contribution is 0.621. The molecular formula is C15H13BrFN3S. The van der Waals surface area contributed by atoms with Gasteiger partial charge in [0.15, 0.2) is 5.17 Å². The molecule has 0 radical (unpaired) electrons. The van der Waals surface area contributed by atoms with E-state index in [4.69, 9.17) is 5.73 Å². The van der Waals surface area contributed by atoms with Crippen LogP contribution in [0, 0.1) is 5.82 Å². The van der Waals surface area contributed by atoms with Gasteiger partial charge in [0.05, 0.1) is 10.7 Å². The summed E-state index contributed by atoms with van der Waals surface area (Å²) in [6.07, 6.45) is 1.46. The van der Waals surface area contributed by atoms with Gasteiger partial charge in [-0.15, -0.1) is 5.10 Å². The van der Waals surface area contributed by atoms with E-state index in [1.165, 1.54) is 29.6 Å². The summed E-state index contributed by atoms with van der Waals surface area (Å²) in [5.74, 6) is 0.396. The van der Waals surface area contributed by atoms with Gasteiger partial charge in [-0.1, -0.05) is 48.2 Å². The summed E-state index contributed by atoms with van der Waals surface area (Å²) >= 11 is 4.50. The van der Waals surface area contributed by atoms with Crippen LogP contribution in [0.15, 0.2) is 63.2 Å². The number of nitrogens with zero attached hydrogens (tertiary/aromatic N) is 2. The highest BCUT2D eigenvalue weighted by Gasteiger charge is 1.98. The molecule has 0 amide bonds. The van der Waals surface area contributed by atoms with Crippen LogP contribution in [-0.4, -0.2) is 11.4 Å². The summed E-state index contributed by atoms with van der Waals surface area (Å²) < 4.78 is 13.7. The Labute approximate surface area is 135 Å². The van der Waals surface area contributed by atoms with Gasteiger partial charge in [-0.3, -0.25) is 0 Å². The van der Waals surface area contributed by atoms with Crippen LogP contribution in [-0.2, 0) is 5.75 Å². The summed E-state index contributed by atoms with van der Waals surface area (Å²) in [5, 5.41) is 8.11. The Morgan fingerprint density at radius 1 is 1.24 bits per heavy atom. The zero-order valence-corrected chi connectivity index (χ0v) is 13.4. The number of rotatable bonds is 4. The molecule has 0 bridgehead atoms. The van der Waals surface area contributed by atoms with Crippen LogP contribution in [0.25, 0.3) is 0 Å². The number of hydrogen-bond acceptors (Lipinski definition) is 3. The number of benzene rings is 2.